The van der Waals surface area contributed by atoms with Crippen LogP contribution in [0.3, 0.4) is 0 Å². The summed E-state index contributed by atoms with van der Waals surface area (Å²) in [5.74, 6) is -0.966. The lowest BCUT2D eigenvalue weighted by atomic mass is 10.1. The van der Waals surface area contributed by atoms with Gasteiger partial charge in [-0.25, -0.2) is 4.98 Å². The summed E-state index contributed by atoms with van der Waals surface area (Å²) in [6.07, 6.45) is 5.02. The largest absolute Gasteiger partial charge is 0.298 e. The van der Waals surface area contributed by atoms with Crippen LogP contribution >= 0.6 is 35.3 Å². The maximum absolute atomic E-state index is 12.9. The molecule has 0 spiro atoms. The number of benzene rings is 1. The van der Waals surface area contributed by atoms with Crippen molar-refractivity contribution in [3.63, 3.8) is 0 Å². The average molecular weight is 441 g/mol. The Hall–Kier alpha value is -2.75. The zero-order valence-electron chi connectivity index (χ0n) is 15.4. The molecule has 0 radical (unpaired) electrons. The number of nitrogens with zero attached hydrogens (tertiary/aromatic N) is 3. The lowest BCUT2D eigenvalue weighted by Crippen LogP contribution is -2.53. The Labute approximate surface area is 180 Å². The van der Waals surface area contributed by atoms with Crippen LogP contribution in [0.2, 0.25) is 0 Å². The molecule has 9 heteroatoms. The molecule has 3 heterocycles. The van der Waals surface area contributed by atoms with Crippen molar-refractivity contribution < 1.29 is 9.59 Å². The maximum atomic E-state index is 12.9. The molecule has 1 saturated heterocycles. The molecule has 3 aromatic rings. The second-order valence-corrected chi connectivity index (χ2v) is 8.62. The van der Waals surface area contributed by atoms with E-state index >= 15 is 0 Å². The fraction of sp³-hybridized carbons (Fsp3) is 0.100. The highest BCUT2D eigenvalue weighted by Crippen LogP contribution is 2.33. The second kappa shape index (κ2) is 7.94. The molecule has 0 atom stereocenters. The summed E-state index contributed by atoms with van der Waals surface area (Å²) in [7, 11) is 0. The average Bonchev–Trinajstić information content (AvgIpc) is 3.26. The van der Waals surface area contributed by atoms with E-state index in [1.165, 1.54) is 33.6 Å². The molecule has 0 bridgehead atoms. The number of thiocarbonyl (C=S) groups is 1. The summed E-state index contributed by atoms with van der Waals surface area (Å²) >= 11 is 8.09. The van der Waals surface area contributed by atoms with Gasteiger partial charge < -0.3 is 0 Å². The molecule has 1 fully saturated rings. The van der Waals surface area contributed by atoms with E-state index in [0.29, 0.717) is 5.69 Å². The van der Waals surface area contributed by atoms with E-state index in [2.05, 4.69) is 16.9 Å². The molecule has 0 saturated carbocycles. The normalized spacial score (nSPS) is 16.0. The van der Waals surface area contributed by atoms with Gasteiger partial charge in [-0.3, -0.25) is 24.2 Å². The van der Waals surface area contributed by atoms with Gasteiger partial charge in [0.25, 0.3) is 11.8 Å². The van der Waals surface area contributed by atoms with Gasteiger partial charge in [0, 0.05) is 23.0 Å². The Morgan fingerprint density at radius 3 is 2.79 bits per heavy atom. The van der Waals surface area contributed by atoms with Crippen molar-refractivity contribution in [3.8, 4) is 0 Å². The van der Waals surface area contributed by atoms with Crippen LogP contribution in [0.15, 0.2) is 64.0 Å². The lowest BCUT2D eigenvalue weighted by Gasteiger charge is -2.27. The number of thiazole rings is 1. The van der Waals surface area contributed by atoms with Crippen molar-refractivity contribution >= 4 is 63.3 Å². The van der Waals surface area contributed by atoms with Crippen LogP contribution in [-0.4, -0.2) is 37.8 Å². The van der Waals surface area contributed by atoms with Crippen LogP contribution in [-0.2, 0) is 9.59 Å². The molecular weight excluding hydrogens is 424 g/mol. The van der Waals surface area contributed by atoms with E-state index in [9.17, 15) is 9.59 Å². The van der Waals surface area contributed by atoms with Gasteiger partial charge in [0.05, 0.1) is 5.69 Å². The number of rotatable bonds is 5. The zero-order valence-corrected chi connectivity index (χ0v) is 17.9. The number of hydrogen-bond acceptors (Lipinski definition) is 6. The molecule has 0 aliphatic carbocycles. The number of imidazole rings is 1. The van der Waals surface area contributed by atoms with E-state index in [0.717, 1.165) is 14.9 Å². The molecule has 4 rings (SSSR count). The standard InChI is InChI=1S/C20H16N4O2S3/c1-3-8-24-18(26)14(16(25)21-19(24)27)11-15-17(22-20-23(15)9-10-28-20)29-13-6-4-12(2)5-7-13/h3-7,9-11H,1,8H2,2H3,(H,21,25,27). The monoisotopic (exact) mass is 440 g/mol. The molecule has 2 aromatic heterocycles. The van der Waals surface area contributed by atoms with Crippen LogP contribution in [0.25, 0.3) is 11.0 Å². The molecule has 2 amide bonds. The summed E-state index contributed by atoms with van der Waals surface area (Å²) in [5, 5.41) is 5.28. The molecule has 0 unspecified atom stereocenters. The zero-order chi connectivity index (χ0) is 20.5. The Morgan fingerprint density at radius 1 is 1.31 bits per heavy atom. The van der Waals surface area contributed by atoms with Gasteiger partial charge in [-0.1, -0.05) is 35.5 Å². The van der Waals surface area contributed by atoms with Crippen LogP contribution in [0, 0.1) is 6.92 Å². The first kappa shape index (κ1) is 19.6. The fourth-order valence-corrected chi connectivity index (χ4v) is 4.75. The van der Waals surface area contributed by atoms with Gasteiger partial charge >= 0.3 is 0 Å². The number of carbonyl (C=O) groups excluding carboxylic acids is 2. The Balaban J connectivity index is 1.78. The number of hydrogen-bond donors (Lipinski definition) is 1. The van der Waals surface area contributed by atoms with Crippen molar-refractivity contribution in [1.29, 1.82) is 0 Å². The van der Waals surface area contributed by atoms with Gasteiger partial charge in [-0.2, -0.15) is 0 Å². The van der Waals surface area contributed by atoms with Crippen molar-refractivity contribution in [2.75, 3.05) is 6.54 Å². The van der Waals surface area contributed by atoms with Gasteiger partial charge in [-0.05, 0) is 37.4 Å². The molecule has 1 aliphatic rings. The first-order valence-electron chi connectivity index (χ1n) is 8.68. The SMILES string of the molecule is C=CCN1C(=O)C(=Cc2c(Sc3ccc(C)cc3)nc3sccn23)C(=O)NC1=S. The van der Waals surface area contributed by atoms with Crippen LogP contribution in [0.4, 0.5) is 0 Å². The van der Waals surface area contributed by atoms with E-state index in [4.69, 9.17) is 12.2 Å². The number of aromatic nitrogens is 2. The highest BCUT2D eigenvalue weighted by atomic mass is 32.2. The Morgan fingerprint density at radius 2 is 2.07 bits per heavy atom. The first-order chi connectivity index (χ1) is 14.0. The van der Waals surface area contributed by atoms with E-state index < -0.39 is 11.8 Å². The molecule has 1 aromatic carbocycles. The fourth-order valence-electron chi connectivity index (χ4n) is 2.83. The third-order valence-corrected chi connectivity index (χ3v) is 6.36. The quantitative estimate of drug-likeness (QED) is 0.284. The van der Waals surface area contributed by atoms with Gasteiger partial charge in [0.15, 0.2) is 10.1 Å². The predicted octanol–water partition coefficient (Wildman–Crippen LogP) is 3.67. The Bertz CT molecular complexity index is 1170. The smallest absolute Gasteiger partial charge is 0.266 e. The number of amides is 2. The van der Waals surface area contributed by atoms with E-state index in [1.807, 2.05) is 47.2 Å². The number of nitrogens with one attached hydrogen (secondary N) is 1. The highest BCUT2D eigenvalue weighted by Gasteiger charge is 2.33. The summed E-state index contributed by atoms with van der Waals surface area (Å²) < 4.78 is 1.87. The first-order valence-corrected chi connectivity index (χ1v) is 10.8. The highest BCUT2D eigenvalue weighted by molar-refractivity contribution is 7.99. The van der Waals surface area contributed by atoms with Gasteiger partial charge in [-0.15, -0.1) is 17.9 Å². The maximum Gasteiger partial charge on any atom is 0.266 e. The molecule has 6 nitrogen and oxygen atoms in total. The summed E-state index contributed by atoms with van der Waals surface area (Å²) in [5.41, 5.74) is 1.86. The minimum Gasteiger partial charge on any atom is -0.298 e. The lowest BCUT2D eigenvalue weighted by molar-refractivity contribution is -0.128. The number of carbonyl (C=O) groups is 2. The van der Waals surface area contributed by atoms with E-state index in [-0.39, 0.29) is 17.2 Å². The van der Waals surface area contributed by atoms with Gasteiger partial charge in [0.2, 0.25) is 0 Å². The molecule has 1 aliphatic heterocycles. The minimum absolute atomic E-state index is 0.0132. The number of fused-ring (bicyclic) bond motifs is 1. The van der Waals surface area contributed by atoms with Gasteiger partial charge in [0.1, 0.15) is 10.6 Å². The summed E-state index contributed by atoms with van der Waals surface area (Å²) in [6, 6.07) is 8.11. The van der Waals surface area contributed by atoms with Crippen LogP contribution in [0.1, 0.15) is 11.3 Å². The molecule has 146 valence electrons. The molecular formula is C20H16N4O2S3. The molecule has 1 N–H and O–H groups in total. The van der Waals surface area contributed by atoms with Crippen LogP contribution in [0.5, 0.6) is 0 Å². The van der Waals surface area contributed by atoms with Crippen molar-refractivity contribution in [2.24, 2.45) is 0 Å². The Kier molecular flexibility index (Phi) is 5.35. The summed E-state index contributed by atoms with van der Waals surface area (Å²) in [4.78, 5) is 33.2. The third kappa shape index (κ3) is 3.76. The summed E-state index contributed by atoms with van der Waals surface area (Å²) in [6.45, 7) is 5.90. The molecule has 29 heavy (non-hydrogen) atoms. The topological polar surface area (TPSA) is 66.7 Å². The third-order valence-electron chi connectivity index (χ3n) is 4.28. The van der Waals surface area contributed by atoms with Crippen molar-refractivity contribution in [2.45, 2.75) is 16.8 Å². The minimum atomic E-state index is -0.517. The van der Waals surface area contributed by atoms with Crippen molar-refractivity contribution in [1.82, 2.24) is 19.6 Å². The predicted molar refractivity (Wildman–Crippen MR) is 119 cm³/mol. The second-order valence-electron chi connectivity index (χ2n) is 6.29. The van der Waals surface area contributed by atoms with Crippen LogP contribution < -0.4 is 5.32 Å². The van der Waals surface area contributed by atoms with Crippen molar-refractivity contribution in [3.05, 3.63) is 65.3 Å². The van der Waals surface area contributed by atoms with E-state index in [1.54, 1.807) is 12.2 Å². The number of aryl methyl sites for hydroxylation is 1.